The average molecular weight is 194 g/mol. The van der Waals surface area contributed by atoms with Gasteiger partial charge in [-0.2, -0.15) is 0 Å². The molecule has 0 radical (unpaired) electrons. The Morgan fingerprint density at radius 2 is 2.29 bits per heavy atom. The number of ether oxygens (including phenoxy) is 1. The molecule has 0 aromatic heterocycles. The SMILES string of the molecule is CC(=O)O/C=C(/C)C1CC=C(C)CC1. The lowest BCUT2D eigenvalue weighted by Gasteiger charge is -2.20. The van der Waals surface area contributed by atoms with E-state index in [0.717, 1.165) is 12.8 Å². The Morgan fingerprint density at radius 1 is 1.57 bits per heavy atom. The van der Waals surface area contributed by atoms with Crippen LogP contribution in [-0.4, -0.2) is 5.97 Å². The minimum absolute atomic E-state index is 0.244. The Kier molecular flexibility index (Phi) is 3.93. The molecular formula is C12H18O2. The lowest BCUT2D eigenvalue weighted by atomic mass is 9.86. The summed E-state index contributed by atoms with van der Waals surface area (Å²) in [7, 11) is 0. The molecule has 14 heavy (non-hydrogen) atoms. The van der Waals surface area contributed by atoms with Crippen LogP contribution < -0.4 is 0 Å². The number of carbonyl (C=O) groups excluding carboxylic acids is 1. The topological polar surface area (TPSA) is 26.3 Å². The van der Waals surface area contributed by atoms with Gasteiger partial charge in [-0.1, -0.05) is 11.6 Å². The molecule has 0 aromatic rings. The number of hydrogen-bond donors (Lipinski definition) is 0. The molecule has 1 aliphatic rings. The van der Waals surface area contributed by atoms with Gasteiger partial charge in [-0.05, 0) is 44.6 Å². The van der Waals surface area contributed by atoms with Crippen molar-refractivity contribution in [3.8, 4) is 0 Å². The van der Waals surface area contributed by atoms with Crippen molar-refractivity contribution in [3.05, 3.63) is 23.5 Å². The third kappa shape index (κ3) is 3.36. The van der Waals surface area contributed by atoms with Crippen molar-refractivity contribution in [2.75, 3.05) is 0 Å². The van der Waals surface area contributed by atoms with Crippen LogP contribution in [0.4, 0.5) is 0 Å². The number of hydrogen-bond acceptors (Lipinski definition) is 2. The van der Waals surface area contributed by atoms with Crippen LogP contribution in [0.15, 0.2) is 23.5 Å². The lowest BCUT2D eigenvalue weighted by Crippen LogP contribution is -2.07. The highest BCUT2D eigenvalue weighted by atomic mass is 16.5. The van der Waals surface area contributed by atoms with Gasteiger partial charge in [0, 0.05) is 6.92 Å². The Morgan fingerprint density at radius 3 is 2.79 bits per heavy atom. The van der Waals surface area contributed by atoms with Crippen LogP contribution in [0.1, 0.15) is 40.0 Å². The van der Waals surface area contributed by atoms with Crippen molar-refractivity contribution >= 4 is 5.97 Å². The van der Waals surface area contributed by atoms with Crippen molar-refractivity contribution in [2.24, 2.45) is 5.92 Å². The van der Waals surface area contributed by atoms with E-state index in [1.54, 1.807) is 6.26 Å². The number of allylic oxidation sites excluding steroid dienone is 3. The van der Waals surface area contributed by atoms with Gasteiger partial charge in [0.2, 0.25) is 0 Å². The second-order valence-corrected chi connectivity index (χ2v) is 3.99. The number of carbonyl (C=O) groups is 1. The van der Waals surface area contributed by atoms with Crippen LogP contribution in [0.3, 0.4) is 0 Å². The van der Waals surface area contributed by atoms with Gasteiger partial charge in [-0.3, -0.25) is 4.79 Å². The van der Waals surface area contributed by atoms with E-state index in [-0.39, 0.29) is 5.97 Å². The zero-order valence-corrected chi connectivity index (χ0v) is 9.17. The summed E-state index contributed by atoms with van der Waals surface area (Å²) in [6, 6.07) is 0. The lowest BCUT2D eigenvalue weighted by molar-refractivity contribution is -0.135. The van der Waals surface area contributed by atoms with E-state index in [1.165, 1.54) is 24.5 Å². The Bertz CT molecular complexity index is 274. The molecule has 2 heteroatoms. The first kappa shape index (κ1) is 11.0. The Labute approximate surface area is 85.6 Å². The van der Waals surface area contributed by atoms with Crippen LogP contribution in [0.2, 0.25) is 0 Å². The molecule has 0 fully saturated rings. The second-order valence-electron chi connectivity index (χ2n) is 3.99. The minimum Gasteiger partial charge on any atom is -0.435 e. The van der Waals surface area contributed by atoms with Gasteiger partial charge >= 0.3 is 5.97 Å². The predicted molar refractivity (Wildman–Crippen MR) is 56.6 cm³/mol. The standard InChI is InChI=1S/C12H18O2/c1-9-4-6-12(7-5-9)10(2)8-14-11(3)13/h4,8,12H,5-7H2,1-3H3/b10-8-. The highest BCUT2D eigenvalue weighted by Gasteiger charge is 2.14. The monoisotopic (exact) mass is 194 g/mol. The molecule has 78 valence electrons. The van der Waals surface area contributed by atoms with Gasteiger partial charge in [0.05, 0.1) is 6.26 Å². The first-order valence-corrected chi connectivity index (χ1v) is 5.09. The van der Waals surface area contributed by atoms with Crippen molar-refractivity contribution in [2.45, 2.75) is 40.0 Å². The largest absolute Gasteiger partial charge is 0.435 e. The third-order valence-corrected chi connectivity index (χ3v) is 2.69. The van der Waals surface area contributed by atoms with Crippen LogP contribution >= 0.6 is 0 Å². The van der Waals surface area contributed by atoms with Crippen LogP contribution in [0, 0.1) is 5.92 Å². The molecule has 0 spiro atoms. The molecular weight excluding hydrogens is 176 g/mol. The van der Waals surface area contributed by atoms with Crippen LogP contribution in [0.25, 0.3) is 0 Å². The van der Waals surface area contributed by atoms with E-state index in [2.05, 4.69) is 13.0 Å². The Balaban J connectivity index is 2.49. The molecule has 2 nitrogen and oxygen atoms in total. The van der Waals surface area contributed by atoms with Crippen molar-refractivity contribution in [1.29, 1.82) is 0 Å². The average Bonchev–Trinajstić information content (AvgIpc) is 2.15. The van der Waals surface area contributed by atoms with Gasteiger partial charge in [0.1, 0.15) is 0 Å². The van der Waals surface area contributed by atoms with E-state index in [4.69, 9.17) is 4.74 Å². The maximum Gasteiger partial charge on any atom is 0.307 e. The number of esters is 1. The third-order valence-electron chi connectivity index (χ3n) is 2.69. The van der Waals surface area contributed by atoms with Crippen molar-refractivity contribution in [1.82, 2.24) is 0 Å². The summed E-state index contributed by atoms with van der Waals surface area (Å²) in [6.07, 6.45) is 7.29. The molecule has 0 aliphatic heterocycles. The summed E-state index contributed by atoms with van der Waals surface area (Å²) in [5.74, 6) is 0.310. The van der Waals surface area contributed by atoms with Gasteiger partial charge in [0.15, 0.2) is 0 Å². The fourth-order valence-corrected chi connectivity index (χ4v) is 1.65. The van der Waals surface area contributed by atoms with Gasteiger partial charge < -0.3 is 4.74 Å². The summed E-state index contributed by atoms with van der Waals surface area (Å²) < 4.78 is 4.86. The van der Waals surface area contributed by atoms with E-state index < -0.39 is 0 Å². The second kappa shape index (κ2) is 4.99. The fourth-order valence-electron chi connectivity index (χ4n) is 1.65. The maximum atomic E-state index is 10.6. The first-order valence-electron chi connectivity index (χ1n) is 5.09. The highest BCUT2D eigenvalue weighted by Crippen LogP contribution is 2.28. The van der Waals surface area contributed by atoms with Crippen LogP contribution in [0.5, 0.6) is 0 Å². The zero-order valence-electron chi connectivity index (χ0n) is 9.17. The normalized spacial score (nSPS) is 22.9. The quantitative estimate of drug-likeness (QED) is 0.383. The molecule has 1 atom stereocenters. The smallest absolute Gasteiger partial charge is 0.307 e. The molecule has 0 aromatic carbocycles. The molecule has 1 aliphatic carbocycles. The van der Waals surface area contributed by atoms with Crippen molar-refractivity contribution < 1.29 is 9.53 Å². The summed E-state index contributed by atoms with van der Waals surface area (Å²) in [5, 5.41) is 0. The van der Waals surface area contributed by atoms with E-state index in [9.17, 15) is 4.79 Å². The van der Waals surface area contributed by atoms with E-state index in [0.29, 0.717) is 5.92 Å². The maximum absolute atomic E-state index is 10.6. The molecule has 0 amide bonds. The summed E-state index contributed by atoms with van der Waals surface area (Å²) >= 11 is 0. The van der Waals surface area contributed by atoms with E-state index >= 15 is 0 Å². The molecule has 1 unspecified atom stereocenters. The highest BCUT2D eigenvalue weighted by molar-refractivity contribution is 5.66. The number of rotatable bonds is 2. The molecule has 0 saturated heterocycles. The minimum atomic E-state index is -0.244. The van der Waals surface area contributed by atoms with Gasteiger partial charge in [0.25, 0.3) is 0 Å². The zero-order chi connectivity index (χ0) is 10.6. The molecule has 0 heterocycles. The van der Waals surface area contributed by atoms with Gasteiger partial charge in [-0.25, -0.2) is 0 Å². The Hall–Kier alpha value is -1.05. The van der Waals surface area contributed by atoms with Gasteiger partial charge in [-0.15, -0.1) is 0 Å². The molecule has 0 bridgehead atoms. The van der Waals surface area contributed by atoms with E-state index in [1.807, 2.05) is 6.92 Å². The first-order chi connectivity index (χ1) is 6.59. The van der Waals surface area contributed by atoms with Crippen molar-refractivity contribution in [3.63, 3.8) is 0 Å². The summed E-state index contributed by atoms with van der Waals surface area (Å²) in [4.78, 5) is 10.6. The summed E-state index contributed by atoms with van der Waals surface area (Å²) in [6.45, 7) is 5.62. The molecule has 0 saturated carbocycles. The molecule has 1 rings (SSSR count). The fraction of sp³-hybridized carbons (Fsp3) is 0.583. The summed E-state index contributed by atoms with van der Waals surface area (Å²) in [5.41, 5.74) is 2.64. The molecule has 0 N–H and O–H groups in total. The predicted octanol–water partition coefficient (Wildman–Crippen LogP) is 3.20. The van der Waals surface area contributed by atoms with Crippen LogP contribution in [-0.2, 0) is 9.53 Å².